The first-order valence-corrected chi connectivity index (χ1v) is 6.51. The van der Waals surface area contributed by atoms with E-state index >= 15 is 0 Å². The van der Waals surface area contributed by atoms with E-state index in [0.717, 1.165) is 22.5 Å². The van der Waals surface area contributed by atoms with E-state index in [2.05, 4.69) is 26.3 Å². The summed E-state index contributed by atoms with van der Waals surface area (Å²) in [5.74, 6) is 0.577. The molecule has 0 aliphatic carbocycles. The number of amides is 1. The van der Waals surface area contributed by atoms with Gasteiger partial charge < -0.3 is 5.32 Å². The number of carbonyl (C=O) groups excluding carboxylic acids is 1. The Morgan fingerprint density at radius 2 is 2.17 bits per heavy atom. The van der Waals surface area contributed by atoms with Crippen LogP contribution in [0, 0.1) is 6.92 Å². The number of anilines is 1. The minimum Gasteiger partial charge on any atom is -0.307 e. The third-order valence-electron chi connectivity index (χ3n) is 2.56. The Hall–Kier alpha value is -1.62. The number of aryl methyl sites for hydroxylation is 2. The molecule has 2 rings (SSSR count). The van der Waals surface area contributed by atoms with Gasteiger partial charge in [0.05, 0.1) is 11.3 Å². The van der Waals surface area contributed by atoms with Crippen LogP contribution in [0.2, 0.25) is 0 Å². The Bertz CT molecular complexity index is 577. The molecular formula is C13H14BrN3O. The van der Waals surface area contributed by atoms with E-state index in [1.807, 2.05) is 38.1 Å². The molecule has 1 aromatic carbocycles. The fourth-order valence-electron chi connectivity index (χ4n) is 1.72. The number of benzene rings is 1. The summed E-state index contributed by atoms with van der Waals surface area (Å²) in [5.41, 5.74) is 1.50. The van der Waals surface area contributed by atoms with Crippen molar-refractivity contribution in [2.75, 3.05) is 5.32 Å². The van der Waals surface area contributed by atoms with Gasteiger partial charge in [-0.25, -0.2) is 4.68 Å². The number of hydrogen-bond donors (Lipinski definition) is 1. The van der Waals surface area contributed by atoms with Crippen LogP contribution in [-0.2, 0) is 6.54 Å². The molecule has 0 unspecified atom stereocenters. The first kappa shape index (κ1) is 12.8. The minimum absolute atomic E-state index is 0.142. The van der Waals surface area contributed by atoms with Gasteiger partial charge in [0.15, 0.2) is 0 Å². The number of halogens is 1. The van der Waals surface area contributed by atoms with Crippen LogP contribution in [0.4, 0.5) is 5.82 Å². The highest BCUT2D eigenvalue weighted by Gasteiger charge is 2.12. The molecule has 1 heterocycles. The highest BCUT2D eigenvalue weighted by atomic mass is 79.9. The van der Waals surface area contributed by atoms with E-state index < -0.39 is 0 Å². The Morgan fingerprint density at radius 1 is 1.44 bits per heavy atom. The summed E-state index contributed by atoms with van der Waals surface area (Å²) in [6.45, 7) is 4.61. The lowest BCUT2D eigenvalue weighted by atomic mass is 10.2. The first-order valence-electron chi connectivity index (χ1n) is 5.72. The van der Waals surface area contributed by atoms with Gasteiger partial charge in [0.1, 0.15) is 5.82 Å². The quantitative estimate of drug-likeness (QED) is 0.946. The van der Waals surface area contributed by atoms with Crippen LogP contribution in [0.15, 0.2) is 34.8 Å². The van der Waals surface area contributed by atoms with Crippen molar-refractivity contribution in [3.05, 3.63) is 46.1 Å². The summed E-state index contributed by atoms with van der Waals surface area (Å²) in [5, 5.41) is 7.16. The maximum atomic E-state index is 12.1. The molecule has 0 aliphatic heterocycles. The van der Waals surface area contributed by atoms with E-state index in [0.29, 0.717) is 5.56 Å². The van der Waals surface area contributed by atoms with Crippen LogP contribution < -0.4 is 5.32 Å². The lowest BCUT2D eigenvalue weighted by molar-refractivity contribution is 0.102. The number of carbonyl (C=O) groups is 1. The van der Waals surface area contributed by atoms with E-state index in [1.54, 1.807) is 10.7 Å². The lowest BCUT2D eigenvalue weighted by Gasteiger charge is -2.07. The molecular weight excluding hydrogens is 294 g/mol. The third kappa shape index (κ3) is 2.61. The van der Waals surface area contributed by atoms with Crippen molar-refractivity contribution in [1.82, 2.24) is 9.78 Å². The topological polar surface area (TPSA) is 46.9 Å². The van der Waals surface area contributed by atoms with Gasteiger partial charge in [-0.3, -0.25) is 4.79 Å². The molecule has 94 valence electrons. The predicted octanol–water partition coefficient (Wildman–Crippen LogP) is 3.23. The second-order valence-electron chi connectivity index (χ2n) is 3.92. The lowest BCUT2D eigenvalue weighted by Crippen LogP contribution is -2.15. The predicted molar refractivity (Wildman–Crippen MR) is 74.7 cm³/mol. The molecule has 2 aromatic rings. The first-order chi connectivity index (χ1) is 8.61. The fraction of sp³-hybridized carbons (Fsp3) is 0.231. The van der Waals surface area contributed by atoms with Gasteiger partial charge in [0, 0.05) is 17.1 Å². The van der Waals surface area contributed by atoms with Crippen molar-refractivity contribution in [3.8, 4) is 0 Å². The van der Waals surface area contributed by atoms with Gasteiger partial charge in [-0.1, -0.05) is 12.1 Å². The zero-order chi connectivity index (χ0) is 13.1. The number of nitrogens with one attached hydrogen (secondary N) is 1. The van der Waals surface area contributed by atoms with Gasteiger partial charge in [0.2, 0.25) is 0 Å². The van der Waals surface area contributed by atoms with Crippen molar-refractivity contribution >= 4 is 27.7 Å². The molecule has 1 aromatic heterocycles. The van der Waals surface area contributed by atoms with Crippen molar-refractivity contribution in [2.24, 2.45) is 0 Å². The summed E-state index contributed by atoms with van der Waals surface area (Å²) in [6.07, 6.45) is 0. The smallest absolute Gasteiger partial charge is 0.257 e. The average Bonchev–Trinajstić information content (AvgIpc) is 2.70. The number of nitrogens with zero attached hydrogens (tertiary/aromatic N) is 2. The van der Waals surface area contributed by atoms with Crippen molar-refractivity contribution < 1.29 is 4.79 Å². The zero-order valence-corrected chi connectivity index (χ0v) is 11.9. The monoisotopic (exact) mass is 307 g/mol. The number of rotatable bonds is 3. The van der Waals surface area contributed by atoms with Crippen LogP contribution in [0.1, 0.15) is 23.0 Å². The Kier molecular flexibility index (Phi) is 3.81. The summed E-state index contributed by atoms with van der Waals surface area (Å²) in [7, 11) is 0. The van der Waals surface area contributed by atoms with E-state index in [9.17, 15) is 4.79 Å². The zero-order valence-electron chi connectivity index (χ0n) is 10.3. The fourth-order valence-corrected chi connectivity index (χ4v) is 2.18. The van der Waals surface area contributed by atoms with E-state index in [-0.39, 0.29) is 5.91 Å². The molecule has 1 amide bonds. The van der Waals surface area contributed by atoms with Crippen LogP contribution >= 0.6 is 15.9 Å². The standard InChI is InChI=1S/C13H14BrN3O/c1-3-17-12(8-9(2)16-17)15-13(18)10-6-4-5-7-11(10)14/h4-8H,3H2,1-2H3,(H,15,18). The van der Waals surface area contributed by atoms with Crippen LogP contribution in [0.3, 0.4) is 0 Å². The van der Waals surface area contributed by atoms with Crippen molar-refractivity contribution in [2.45, 2.75) is 20.4 Å². The Labute approximate surface area is 114 Å². The molecule has 1 N–H and O–H groups in total. The normalized spacial score (nSPS) is 10.4. The second kappa shape index (κ2) is 5.35. The van der Waals surface area contributed by atoms with Gasteiger partial charge >= 0.3 is 0 Å². The maximum absolute atomic E-state index is 12.1. The largest absolute Gasteiger partial charge is 0.307 e. The summed E-state index contributed by atoms with van der Waals surface area (Å²) in [4.78, 5) is 12.1. The van der Waals surface area contributed by atoms with Gasteiger partial charge in [0.25, 0.3) is 5.91 Å². The summed E-state index contributed by atoms with van der Waals surface area (Å²) in [6, 6.07) is 9.19. The van der Waals surface area contributed by atoms with E-state index in [1.165, 1.54) is 0 Å². The molecule has 0 saturated carbocycles. The highest BCUT2D eigenvalue weighted by molar-refractivity contribution is 9.10. The molecule has 0 spiro atoms. The summed E-state index contributed by atoms with van der Waals surface area (Å²) >= 11 is 3.37. The van der Waals surface area contributed by atoms with Crippen LogP contribution in [-0.4, -0.2) is 15.7 Å². The molecule has 0 atom stereocenters. The Balaban J connectivity index is 2.24. The van der Waals surface area contributed by atoms with Crippen LogP contribution in [0.5, 0.6) is 0 Å². The Morgan fingerprint density at radius 3 is 2.83 bits per heavy atom. The summed E-state index contributed by atoms with van der Waals surface area (Å²) < 4.78 is 2.55. The van der Waals surface area contributed by atoms with Gasteiger partial charge in [-0.15, -0.1) is 0 Å². The second-order valence-corrected chi connectivity index (χ2v) is 4.78. The van der Waals surface area contributed by atoms with Crippen molar-refractivity contribution in [1.29, 1.82) is 0 Å². The highest BCUT2D eigenvalue weighted by Crippen LogP contribution is 2.18. The van der Waals surface area contributed by atoms with E-state index in [4.69, 9.17) is 0 Å². The molecule has 4 nitrogen and oxygen atoms in total. The molecule has 0 fully saturated rings. The van der Waals surface area contributed by atoms with Gasteiger partial charge in [-0.2, -0.15) is 5.10 Å². The van der Waals surface area contributed by atoms with Crippen molar-refractivity contribution in [3.63, 3.8) is 0 Å². The van der Waals surface area contributed by atoms with Gasteiger partial charge in [-0.05, 0) is 41.9 Å². The number of hydrogen-bond acceptors (Lipinski definition) is 2. The number of aromatic nitrogens is 2. The maximum Gasteiger partial charge on any atom is 0.257 e. The molecule has 18 heavy (non-hydrogen) atoms. The minimum atomic E-state index is -0.142. The SMILES string of the molecule is CCn1nc(C)cc1NC(=O)c1ccccc1Br. The molecule has 0 radical (unpaired) electrons. The molecule has 0 saturated heterocycles. The molecule has 0 bridgehead atoms. The molecule has 0 aliphatic rings. The van der Waals surface area contributed by atoms with Crippen LogP contribution in [0.25, 0.3) is 0 Å². The average molecular weight is 308 g/mol. The molecule has 5 heteroatoms. The third-order valence-corrected chi connectivity index (χ3v) is 3.25.